The van der Waals surface area contributed by atoms with Crippen LogP contribution in [0.25, 0.3) is 0 Å². The minimum Gasteiger partial charge on any atom is -0.369 e. The van der Waals surface area contributed by atoms with Crippen molar-refractivity contribution >= 4 is 15.7 Å². The molecule has 2 N–H and O–H groups in total. The number of nitrogens with two attached hydrogens (primary N) is 1. The monoisotopic (exact) mass is 330 g/mol. The lowest BCUT2D eigenvalue weighted by molar-refractivity contribution is -0.119. The minimum absolute atomic E-state index is 0.157. The van der Waals surface area contributed by atoms with Crippen LogP contribution in [0.15, 0.2) is 0 Å². The zero-order valence-corrected chi connectivity index (χ0v) is 14.3. The molecule has 0 bridgehead atoms. The molecule has 0 aromatic heterocycles. The molecule has 0 aromatic rings. The van der Waals surface area contributed by atoms with E-state index in [0.717, 1.165) is 31.7 Å². The molecule has 1 saturated carbocycles. The molecule has 2 aliphatic rings. The van der Waals surface area contributed by atoms with Crippen molar-refractivity contribution in [3.8, 4) is 0 Å². The summed E-state index contributed by atoms with van der Waals surface area (Å²) in [5.41, 5.74) is 5.36. The second kappa shape index (κ2) is 8.29. The van der Waals surface area contributed by atoms with Crippen LogP contribution in [0.1, 0.15) is 51.4 Å². The van der Waals surface area contributed by atoms with Crippen LogP contribution < -0.4 is 5.73 Å². The molecule has 2 fully saturated rings. The van der Waals surface area contributed by atoms with Crippen LogP contribution in [-0.2, 0) is 14.6 Å². The zero-order chi connectivity index (χ0) is 16.0. The van der Waals surface area contributed by atoms with Crippen molar-refractivity contribution < 1.29 is 13.2 Å². The number of nitrogens with zero attached hydrogens (tertiary/aromatic N) is 1. The van der Waals surface area contributed by atoms with Crippen molar-refractivity contribution in [2.75, 3.05) is 31.1 Å². The summed E-state index contributed by atoms with van der Waals surface area (Å²) in [7, 11) is -2.88. The van der Waals surface area contributed by atoms with E-state index in [1.807, 2.05) is 0 Å². The van der Waals surface area contributed by atoms with Gasteiger partial charge in [0.25, 0.3) is 0 Å². The number of carbonyl (C=O) groups is 1. The van der Waals surface area contributed by atoms with Crippen LogP contribution in [0.4, 0.5) is 0 Å². The third-order valence-electron chi connectivity index (χ3n) is 5.03. The van der Waals surface area contributed by atoms with Crippen LogP contribution in [0.2, 0.25) is 0 Å². The molecule has 128 valence electrons. The summed E-state index contributed by atoms with van der Waals surface area (Å²) in [6.07, 6.45) is 9.37. The van der Waals surface area contributed by atoms with E-state index in [9.17, 15) is 13.2 Å². The molecule has 0 aromatic carbocycles. The lowest BCUT2D eigenvalue weighted by Crippen LogP contribution is -2.41. The molecule has 0 spiro atoms. The van der Waals surface area contributed by atoms with E-state index in [2.05, 4.69) is 4.90 Å². The van der Waals surface area contributed by atoms with Gasteiger partial charge < -0.3 is 5.73 Å². The number of carbonyl (C=O) groups excluding carboxylic acids is 1. The first-order chi connectivity index (χ1) is 10.4. The topological polar surface area (TPSA) is 80.5 Å². The number of hydrogen-bond donors (Lipinski definition) is 1. The summed E-state index contributed by atoms with van der Waals surface area (Å²) < 4.78 is 23.5. The van der Waals surface area contributed by atoms with Gasteiger partial charge in [0.1, 0.15) is 0 Å². The van der Waals surface area contributed by atoms with Crippen LogP contribution in [-0.4, -0.2) is 50.4 Å². The maximum atomic E-state index is 11.8. The van der Waals surface area contributed by atoms with Gasteiger partial charge in [0.2, 0.25) is 5.91 Å². The van der Waals surface area contributed by atoms with Gasteiger partial charge in [-0.2, -0.15) is 0 Å². The normalized spacial score (nSPS) is 26.1. The summed E-state index contributed by atoms with van der Waals surface area (Å²) in [5, 5.41) is 0. The molecule has 22 heavy (non-hydrogen) atoms. The molecule has 1 amide bonds. The Bertz CT molecular complexity index is 458. The Morgan fingerprint density at radius 1 is 1.05 bits per heavy atom. The van der Waals surface area contributed by atoms with E-state index in [1.54, 1.807) is 0 Å². The third kappa shape index (κ3) is 6.24. The van der Waals surface area contributed by atoms with E-state index >= 15 is 0 Å². The van der Waals surface area contributed by atoms with Gasteiger partial charge in [-0.05, 0) is 37.6 Å². The standard InChI is InChI=1S/C16H30N2O3S/c17-16(19)12-18(9-8-14-5-2-1-3-6-14)11-15-7-4-10-22(20,21)13-15/h14-15H,1-13H2,(H2,17,19)/t15-/m1/s1. The molecule has 1 saturated heterocycles. The first-order valence-corrected chi connectivity index (χ1v) is 10.5. The fourth-order valence-corrected chi connectivity index (χ4v) is 5.69. The molecule has 1 aliphatic carbocycles. The molecule has 0 unspecified atom stereocenters. The van der Waals surface area contributed by atoms with E-state index in [1.165, 1.54) is 32.1 Å². The van der Waals surface area contributed by atoms with Crippen molar-refractivity contribution in [3.63, 3.8) is 0 Å². The molecule has 5 nitrogen and oxygen atoms in total. The van der Waals surface area contributed by atoms with Gasteiger partial charge in [0.15, 0.2) is 9.84 Å². The number of sulfone groups is 1. The smallest absolute Gasteiger partial charge is 0.231 e. The van der Waals surface area contributed by atoms with Crippen LogP contribution in [0, 0.1) is 11.8 Å². The quantitative estimate of drug-likeness (QED) is 0.768. The van der Waals surface area contributed by atoms with Gasteiger partial charge in [-0.15, -0.1) is 0 Å². The number of amides is 1. The summed E-state index contributed by atoms with van der Waals surface area (Å²) in [6, 6.07) is 0. The highest BCUT2D eigenvalue weighted by Gasteiger charge is 2.27. The maximum absolute atomic E-state index is 11.8. The van der Waals surface area contributed by atoms with E-state index < -0.39 is 9.84 Å². The average molecular weight is 330 g/mol. The Balaban J connectivity index is 1.83. The number of hydrogen-bond acceptors (Lipinski definition) is 4. The van der Waals surface area contributed by atoms with Gasteiger partial charge in [-0.3, -0.25) is 9.69 Å². The second-order valence-electron chi connectivity index (χ2n) is 7.12. The highest BCUT2D eigenvalue weighted by molar-refractivity contribution is 7.91. The Labute approximate surface area is 134 Å². The van der Waals surface area contributed by atoms with Crippen LogP contribution in [0.5, 0.6) is 0 Å². The lowest BCUT2D eigenvalue weighted by Gasteiger charge is -2.30. The highest BCUT2D eigenvalue weighted by Crippen LogP contribution is 2.27. The van der Waals surface area contributed by atoms with E-state index in [4.69, 9.17) is 5.73 Å². The molecule has 6 heteroatoms. The van der Waals surface area contributed by atoms with Gasteiger partial charge in [0.05, 0.1) is 18.1 Å². The van der Waals surface area contributed by atoms with Crippen molar-refractivity contribution in [3.05, 3.63) is 0 Å². The van der Waals surface area contributed by atoms with Crippen molar-refractivity contribution in [1.82, 2.24) is 4.90 Å². The Morgan fingerprint density at radius 2 is 1.73 bits per heavy atom. The van der Waals surface area contributed by atoms with Crippen molar-refractivity contribution in [1.29, 1.82) is 0 Å². The molecule has 1 atom stereocenters. The second-order valence-corrected chi connectivity index (χ2v) is 9.35. The van der Waals surface area contributed by atoms with Gasteiger partial charge in [-0.25, -0.2) is 8.42 Å². The third-order valence-corrected chi connectivity index (χ3v) is 6.92. The fraction of sp³-hybridized carbons (Fsp3) is 0.938. The first kappa shape index (κ1) is 17.7. The largest absolute Gasteiger partial charge is 0.369 e. The average Bonchev–Trinajstić information content (AvgIpc) is 2.44. The molecule has 1 heterocycles. The molecule has 2 rings (SSSR count). The summed E-state index contributed by atoms with van der Waals surface area (Å²) >= 11 is 0. The summed E-state index contributed by atoms with van der Waals surface area (Å²) in [4.78, 5) is 13.4. The molecular weight excluding hydrogens is 300 g/mol. The maximum Gasteiger partial charge on any atom is 0.231 e. The van der Waals surface area contributed by atoms with E-state index in [0.29, 0.717) is 12.3 Å². The van der Waals surface area contributed by atoms with Crippen molar-refractivity contribution in [2.24, 2.45) is 17.6 Å². The minimum atomic E-state index is -2.88. The predicted octanol–water partition coefficient (Wildman–Crippen LogP) is 1.57. The summed E-state index contributed by atoms with van der Waals surface area (Å²) in [5.74, 6) is 1.19. The predicted molar refractivity (Wildman–Crippen MR) is 88.2 cm³/mol. The van der Waals surface area contributed by atoms with E-state index in [-0.39, 0.29) is 24.1 Å². The summed E-state index contributed by atoms with van der Waals surface area (Å²) in [6.45, 7) is 1.81. The lowest BCUT2D eigenvalue weighted by atomic mass is 9.87. The fourth-order valence-electron chi connectivity index (χ4n) is 3.92. The molecule has 1 aliphatic heterocycles. The van der Waals surface area contributed by atoms with Crippen LogP contribution >= 0.6 is 0 Å². The Kier molecular flexibility index (Phi) is 6.68. The highest BCUT2D eigenvalue weighted by atomic mass is 32.2. The number of rotatable bonds is 7. The Hall–Kier alpha value is -0.620. The van der Waals surface area contributed by atoms with Crippen molar-refractivity contribution in [2.45, 2.75) is 51.4 Å². The Morgan fingerprint density at radius 3 is 2.36 bits per heavy atom. The first-order valence-electron chi connectivity index (χ1n) is 8.66. The van der Waals surface area contributed by atoms with Gasteiger partial charge in [0, 0.05) is 6.54 Å². The zero-order valence-electron chi connectivity index (χ0n) is 13.5. The van der Waals surface area contributed by atoms with Crippen LogP contribution in [0.3, 0.4) is 0 Å². The van der Waals surface area contributed by atoms with Gasteiger partial charge >= 0.3 is 0 Å². The number of primary amides is 1. The SMILES string of the molecule is NC(=O)CN(CCC1CCCCC1)C[C@H]1CCCS(=O)(=O)C1. The van der Waals surface area contributed by atoms with Gasteiger partial charge in [-0.1, -0.05) is 32.1 Å². The molecule has 0 radical (unpaired) electrons. The molecular formula is C16H30N2O3S.